The average Bonchev–Trinajstić information content (AvgIpc) is 3.82. The second-order valence-corrected chi connectivity index (χ2v) is 17.5. The number of fused-ring (bicyclic) bond motifs is 4. The molecule has 17 heteroatoms. The van der Waals surface area contributed by atoms with E-state index in [1.807, 2.05) is 0 Å². The summed E-state index contributed by atoms with van der Waals surface area (Å²) in [6, 6.07) is 18.8. The van der Waals surface area contributed by atoms with Crippen LogP contribution in [0.3, 0.4) is 0 Å². The van der Waals surface area contributed by atoms with Gasteiger partial charge >= 0.3 is 0 Å². The Hall–Kier alpha value is -6.16. The van der Waals surface area contributed by atoms with E-state index in [4.69, 9.17) is 23.2 Å². The van der Waals surface area contributed by atoms with E-state index in [0.717, 1.165) is 24.2 Å². The molecule has 324 valence electrons. The van der Waals surface area contributed by atoms with Crippen LogP contribution in [0.25, 0.3) is 0 Å². The van der Waals surface area contributed by atoms with E-state index in [9.17, 15) is 33.6 Å². The van der Waals surface area contributed by atoms with Crippen LogP contribution in [-0.2, 0) is 24.6 Å². The van der Waals surface area contributed by atoms with Crippen LogP contribution in [0.4, 0.5) is 21.5 Å². The van der Waals surface area contributed by atoms with Crippen LogP contribution in [0.1, 0.15) is 99.5 Å². The summed E-state index contributed by atoms with van der Waals surface area (Å²) in [5, 5.41) is 18.1. The molecule has 4 atom stereocenters. The van der Waals surface area contributed by atoms with Gasteiger partial charge in [-0.3, -0.25) is 49.1 Å². The number of anilines is 3. The predicted octanol–water partition coefficient (Wildman–Crippen LogP) is 6.05. The molecule has 4 aromatic carbocycles. The lowest BCUT2D eigenvalue weighted by molar-refractivity contribution is -0.136. The third-order valence-corrected chi connectivity index (χ3v) is 13.7. The van der Waals surface area contributed by atoms with Crippen molar-refractivity contribution in [2.24, 2.45) is 0 Å². The fraction of sp³-hybridized carbons (Fsp3) is 0.326. The van der Waals surface area contributed by atoms with Crippen molar-refractivity contribution in [2.45, 2.75) is 80.3 Å². The van der Waals surface area contributed by atoms with Crippen LogP contribution >= 0.6 is 23.2 Å². The Labute approximate surface area is 371 Å². The molecule has 1 saturated carbocycles. The van der Waals surface area contributed by atoms with Gasteiger partial charge in [0.1, 0.15) is 17.3 Å². The fourth-order valence-corrected chi connectivity index (χ4v) is 10.8. The quantitative estimate of drug-likeness (QED) is 0.0812. The van der Waals surface area contributed by atoms with Crippen molar-refractivity contribution in [2.75, 3.05) is 29.0 Å². The molecule has 0 bridgehead atoms. The first-order valence-electron chi connectivity index (χ1n) is 21.0. The second kappa shape index (κ2) is 16.5. The van der Waals surface area contributed by atoms with Crippen LogP contribution < -0.4 is 31.9 Å². The van der Waals surface area contributed by atoms with Gasteiger partial charge in [0.25, 0.3) is 17.7 Å². The third kappa shape index (κ3) is 7.02. The van der Waals surface area contributed by atoms with E-state index in [1.165, 1.54) is 12.1 Å². The standard InChI is InChI=1S/C46H42Cl2FN7O7/c47-25-13-16-29-32(23-25)53-44(63)46(29)36(28-8-4-9-30(48)37(28)49)38(55-45(46)19-2-1-3-20-45)41(60)52-26-14-11-24(12-15-26)39(58)51-22-6-21-50-31-10-5-7-27-35(31)43(62)56(42(27)61)33-17-18-34(57)54-40(33)59/h4-5,7-16,23,33,36,38,50,55H,1-3,6,17-22H2,(H,51,58)(H,52,60)(H,53,63)(H,54,57,59). The Bertz CT molecular complexity index is 2620. The smallest absolute Gasteiger partial charge is 0.264 e. The van der Waals surface area contributed by atoms with Crippen molar-refractivity contribution in [3.8, 4) is 0 Å². The number of piperidine rings is 1. The zero-order chi connectivity index (χ0) is 44.2. The Morgan fingerprint density at radius 1 is 0.857 bits per heavy atom. The normalized spacial score (nSPS) is 23.4. The number of rotatable bonds is 10. The summed E-state index contributed by atoms with van der Waals surface area (Å²) in [5.74, 6) is -5.26. The molecule has 9 rings (SSSR count). The molecule has 63 heavy (non-hydrogen) atoms. The maximum absolute atomic E-state index is 16.2. The van der Waals surface area contributed by atoms with E-state index in [-0.39, 0.29) is 52.9 Å². The van der Waals surface area contributed by atoms with E-state index in [0.29, 0.717) is 59.0 Å². The minimum absolute atomic E-state index is 0.0189. The van der Waals surface area contributed by atoms with Crippen LogP contribution in [-0.4, -0.2) is 77.0 Å². The molecule has 0 radical (unpaired) electrons. The van der Waals surface area contributed by atoms with Gasteiger partial charge in [-0.25, -0.2) is 4.39 Å². The highest BCUT2D eigenvalue weighted by Gasteiger charge is 2.72. The summed E-state index contributed by atoms with van der Waals surface area (Å²) in [5.41, 5.74) is 0.455. The van der Waals surface area contributed by atoms with Gasteiger partial charge in [-0.05, 0) is 91.4 Å². The van der Waals surface area contributed by atoms with Crippen molar-refractivity contribution >= 4 is 81.6 Å². The Morgan fingerprint density at radius 2 is 1.62 bits per heavy atom. The summed E-state index contributed by atoms with van der Waals surface area (Å²) >= 11 is 12.7. The minimum Gasteiger partial charge on any atom is -0.384 e. The zero-order valence-corrected chi connectivity index (χ0v) is 35.3. The summed E-state index contributed by atoms with van der Waals surface area (Å²) in [4.78, 5) is 93.9. The summed E-state index contributed by atoms with van der Waals surface area (Å²) in [7, 11) is 0. The Kier molecular flexibility index (Phi) is 11.1. The molecule has 1 aliphatic carbocycles. The molecule has 4 aromatic rings. The summed E-state index contributed by atoms with van der Waals surface area (Å²) in [6.45, 7) is 0.594. The maximum Gasteiger partial charge on any atom is 0.264 e. The summed E-state index contributed by atoms with van der Waals surface area (Å²) < 4.78 is 16.2. The Balaban J connectivity index is 0.866. The number of carbonyl (C=O) groups excluding carboxylic acids is 7. The van der Waals surface area contributed by atoms with Crippen molar-refractivity contribution in [3.63, 3.8) is 0 Å². The molecule has 4 aliphatic heterocycles. The van der Waals surface area contributed by atoms with E-state index < -0.39 is 64.3 Å². The lowest BCUT2D eigenvalue weighted by Crippen LogP contribution is -2.60. The largest absolute Gasteiger partial charge is 0.384 e. The Morgan fingerprint density at radius 3 is 2.38 bits per heavy atom. The van der Waals surface area contributed by atoms with Crippen LogP contribution in [0.5, 0.6) is 0 Å². The average molecular weight is 895 g/mol. The molecule has 4 heterocycles. The molecule has 6 N–H and O–H groups in total. The van der Waals surface area contributed by atoms with Gasteiger partial charge < -0.3 is 21.3 Å². The van der Waals surface area contributed by atoms with Gasteiger partial charge in [0, 0.05) is 58.6 Å². The van der Waals surface area contributed by atoms with E-state index in [2.05, 4.69) is 31.9 Å². The van der Waals surface area contributed by atoms with E-state index in [1.54, 1.807) is 66.7 Å². The lowest BCUT2D eigenvalue weighted by Gasteiger charge is -2.47. The van der Waals surface area contributed by atoms with E-state index >= 15 is 4.39 Å². The third-order valence-electron chi connectivity index (χ3n) is 13.1. The number of nitrogens with one attached hydrogen (secondary N) is 6. The molecular formula is C46H42Cl2FN7O7. The van der Waals surface area contributed by atoms with Crippen molar-refractivity contribution < 1.29 is 38.0 Å². The van der Waals surface area contributed by atoms with Crippen LogP contribution in [0.15, 0.2) is 78.9 Å². The fourth-order valence-electron chi connectivity index (χ4n) is 10.4. The van der Waals surface area contributed by atoms with Gasteiger partial charge in [0.15, 0.2) is 0 Å². The zero-order valence-electron chi connectivity index (χ0n) is 33.7. The lowest BCUT2D eigenvalue weighted by atomic mass is 9.55. The van der Waals surface area contributed by atoms with Gasteiger partial charge in [-0.15, -0.1) is 0 Å². The number of hydrogen-bond acceptors (Lipinski definition) is 9. The highest BCUT2D eigenvalue weighted by atomic mass is 35.5. The van der Waals surface area contributed by atoms with Crippen molar-refractivity contribution in [3.05, 3.63) is 123 Å². The van der Waals surface area contributed by atoms with Crippen molar-refractivity contribution in [1.29, 1.82) is 0 Å². The highest BCUT2D eigenvalue weighted by molar-refractivity contribution is 6.31. The second-order valence-electron chi connectivity index (χ2n) is 16.6. The number of imide groups is 2. The molecule has 0 aromatic heterocycles. The molecule has 2 saturated heterocycles. The van der Waals surface area contributed by atoms with Gasteiger partial charge in [-0.1, -0.05) is 66.7 Å². The number of amides is 7. The summed E-state index contributed by atoms with van der Waals surface area (Å²) in [6.07, 6.45) is 4.22. The number of benzene rings is 4. The van der Waals surface area contributed by atoms with Gasteiger partial charge in [0.2, 0.25) is 23.6 Å². The number of nitrogens with zero attached hydrogens (tertiary/aromatic N) is 1. The molecule has 3 fully saturated rings. The first kappa shape index (κ1) is 42.2. The molecule has 14 nitrogen and oxygen atoms in total. The minimum atomic E-state index is -1.38. The number of halogens is 3. The van der Waals surface area contributed by atoms with Gasteiger partial charge in [-0.2, -0.15) is 0 Å². The van der Waals surface area contributed by atoms with Gasteiger partial charge in [0.05, 0.1) is 22.2 Å². The number of hydrogen-bond donors (Lipinski definition) is 6. The number of carbonyl (C=O) groups is 7. The SMILES string of the molecule is O=C1CCC(N2C(=O)c3cccc(NCCCNC(=O)c4ccc(NC(=O)C5NC6(CCCCC6)C6(C(=O)Nc7cc(Cl)ccc76)C5c5cccc(Cl)c5F)cc4)c3C2=O)C(=O)N1. The van der Waals surface area contributed by atoms with Crippen molar-refractivity contribution in [1.82, 2.24) is 20.9 Å². The molecule has 5 aliphatic rings. The van der Waals surface area contributed by atoms with Crippen LogP contribution in [0.2, 0.25) is 10.0 Å². The maximum atomic E-state index is 16.2. The van der Waals surface area contributed by atoms with Crippen LogP contribution in [0, 0.1) is 5.82 Å². The monoisotopic (exact) mass is 893 g/mol. The molecule has 4 unspecified atom stereocenters. The first-order chi connectivity index (χ1) is 30.3. The molecule has 2 spiro atoms. The topological polar surface area (TPSA) is 195 Å². The highest BCUT2D eigenvalue weighted by Crippen LogP contribution is 2.63. The first-order valence-corrected chi connectivity index (χ1v) is 21.7. The predicted molar refractivity (Wildman–Crippen MR) is 232 cm³/mol. The molecule has 7 amide bonds. The molecular weight excluding hydrogens is 852 g/mol.